The van der Waals surface area contributed by atoms with Crippen molar-refractivity contribution in [1.29, 1.82) is 0 Å². The van der Waals surface area contributed by atoms with Gasteiger partial charge in [0.05, 0.1) is 11.9 Å². The molecule has 0 spiro atoms. The van der Waals surface area contributed by atoms with E-state index < -0.39 is 10.0 Å². The number of sulfonamides is 1. The first kappa shape index (κ1) is 12.6. The highest BCUT2D eigenvalue weighted by molar-refractivity contribution is 7.92. The van der Waals surface area contributed by atoms with Crippen molar-refractivity contribution < 1.29 is 17.9 Å². The Hall–Kier alpha value is -1.86. The monoisotopic (exact) mass is 268 g/mol. The van der Waals surface area contributed by atoms with Crippen LogP contribution in [0.4, 0.5) is 5.69 Å². The molecule has 18 heavy (non-hydrogen) atoms. The Kier molecular flexibility index (Phi) is 3.35. The van der Waals surface area contributed by atoms with Gasteiger partial charge < -0.3 is 9.52 Å². The van der Waals surface area contributed by atoms with Crippen molar-refractivity contribution in [2.24, 2.45) is 0 Å². The van der Waals surface area contributed by atoms with E-state index in [1.54, 1.807) is 19.2 Å². The topological polar surface area (TPSA) is 92.4 Å². The number of aliphatic hydroxyl groups is 1. The minimum atomic E-state index is -3.79. The molecule has 2 rings (SSSR count). The smallest absolute Gasteiger partial charge is 0.295 e. The number of hydrogen-bond acceptors (Lipinski definition) is 5. The van der Waals surface area contributed by atoms with Crippen LogP contribution in [0.25, 0.3) is 0 Å². The highest BCUT2D eigenvalue weighted by Crippen LogP contribution is 2.20. The van der Waals surface area contributed by atoms with Gasteiger partial charge in [-0.3, -0.25) is 9.71 Å². The third-order valence-corrected chi connectivity index (χ3v) is 3.58. The summed E-state index contributed by atoms with van der Waals surface area (Å²) < 4.78 is 31.3. The molecule has 2 aromatic rings. The maximum absolute atomic E-state index is 12.0. The van der Waals surface area contributed by atoms with E-state index in [0.717, 1.165) is 5.56 Å². The lowest BCUT2D eigenvalue weighted by atomic mass is 10.3. The third kappa shape index (κ3) is 2.52. The summed E-state index contributed by atoms with van der Waals surface area (Å²) in [7, 11) is -3.79. The largest absolute Gasteiger partial charge is 0.445 e. The Labute approximate surface area is 104 Å². The van der Waals surface area contributed by atoms with E-state index >= 15 is 0 Å². The van der Waals surface area contributed by atoms with E-state index in [1.165, 1.54) is 18.3 Å². The molecule has 0 aliphatic carbocycles. The van der Waals surface area contributed by atoms with Crippen LogP contribution in [0.3, 0.4) is 0 Å². The number of nitrogens with one attached hydrogen (secondary N) is 1. The molecular weight excluding hydrogens is 256 g/mol. The highest BCUT2D eigenvalue weighted by atomic mass is 32.2. The fourth-order valence-corrected chi connectivity index (χ4v) is 2.42. The lowest BCUT2D eigenvalue weighted by Gasteiger charge is -2.07. The SMILES string of the molecule is Cc1ccncc1NS(=O)(=O)c1ccc(CO)o1. The molecule has 0 unspecified atom stereocenters. The molecule has 0 fully saturated rings. The number of aryl methyl sites for hydroxylation is 1. The minimum Gasteiger partial charge on any atom is -0.445 e. The molecule has 0 aliphatic heterocycles. The van der Waals surface area contributed by atoms with Crippen molar-refractivity contribution in [2.75, 3.05) is 4.72 Å². The van der Waals surface area contributed by atoms with Gasteiger partial charge in [0.15, 0.2) is 0 Å². The predicted octanol–water partition coefficient (Wildman–Crippen LogP) is 1.28. The summed E-state index contributed by atoms with van der Waals surface area (Å²) in [5.41, 5.74) is 1.14. The first-order valence-corrected chi connectivity index (χ1v) is 6.64. The second kappa shape index (κ2) is 4.79. The number of aliphatic hydroxyl groups excluding tert-OH is 1. The normalized spacial score (nSPS) is 11.4. The number of nitrogens with zero attached hydrogens (tertiary/aromatic N) is 1. The molecule has 2 heterocycles. The number of hydrogen-bond donors (Lipinski definition) is 2. The number of aromatic nitrogens is 1. The number of anilines is 1. The molecular formula is C11H12N2O4S. The number of pyridine rings is 1. The van der Waals surface area contributed by atoms with Gasteiger partial charge in [0.1, 0.15) is 12.4 Å². The van der Waals surface area contributed by atoms with Gasteiger partial charge in [0.25, 0.3) is 10.0 Å². The van der Waals surface area contributed by atoms with Crippen molar-refractivity contribution in [1.82, 2.24) is 4.98 Å². The maximum atomic E-state index is 12.0. The second-order valence-corrected chi connectivity index (χ2v) is 5.29. The molecule has 2 N–H and O–H groups in total. The van der Waals surface area contributed by atoms with Gasteiger partial charge in [-0.15, -0.1) is 0 Å². The van der Waals surface area contributed by atoms with Gasteiger partial charge in [-0.05, 0) is 30.7 Å². The van der Waals surface area contributed by atoms with E-state index in [0.29, 0.717) is 5.69 Å². The summed E-state index contributed by atoms with van der Waals surface area (Å²) in [6.07, 6.45) is 2.99. The molecule has 0 amide bonds. The standard InChI is InChI=1S/C11H12N2O4S/c1-8-4-5-12-6-10(8)13-18(15,16)11-3-2-9(7-14)17-11/h2-6,13-14H,7H2,1H3. The van der Waals surface area contributed by atoms with Crippen LogP contribution in [0.1, 0.15) is 11.3 Å². The van der Waals surface area contributed by atoms with Gasteiger partial charge in [-0.25, -0.2) is 0 Å². The van der Waals surface area contributed by atoms with E-state index in [9.17, 15) is 8.42 Å². The Balaban J connectivity index is 2.30. The van der Waals surface area contributed by atoms with Crippen LogP contribution >= 0.6 is 0 Å². The molecule has 96 valence electrons. The summed E-state index contributed by atoms with van der Waals surface area (Å²) in [4.78, 5) is 3.85. The van der Waals surface area contributed by atoms with E-state index in [4.69, 9.17) is 9.52 Å². The summed E-state index contributed by atoms with van der Waals surface area (Å²) in [6.45, 7) is 1.42. The van der Waals surface area contributed by atoms with E-state index in [1.807, 2.05) is 0 Å². The first-order chi connectivity index (χ1) is 8.53. The fraction of sp³-hybridized carbons (Fsp3) is 0.182. The molecule has 0 bridgehead atoms. The molecule has 0 saturated carbocycles. The molecule has 7 heteroatoms. The van der Waals surface area contributed by atoms with Crippen LogP contribution in [0.15, 0.2) is 40.1 Å². The summed E-state index contributed by atoms with van der Waals surface area (Å²) in [5.74, 6) is 0.193. The van der Waals surface area contributed by atoms with Crippen LogP contribution in [0.2, 0.25) is 0 Å². The van der Waals surface area contributed by atoms with Crippen LogP contribution in [0, 0.1) is 6.92 Å². The van der Waals surface area contributed by atoms with Gasteiger partial charge >= 0.3 is 0 Å². The molecule has 0 aliphatic rings. The molecule has 0 saturated heterocycles. The van der Waals surface area contributed by atoms with Gasteiger partial charge in [-0.2, -0.15) is 8.42 Å². The van der Waals surface area contributed by atoms with Crippen molar-refractivity contribution in [3.8, 4) is 0 Å². The van der Waals surface area contributed by atoms with Gasteiger partial charge in [0.2, 0.25) is 5.09 Å². The van der Waals surface area contributed by atoms with E-state index in [2.05, 4.69) is 9.71 Å². The quantitative estimate of drug-likeness (QED) is 0.871. The molecule has 0 atom stereocenters. The highest BCUT2D eigenvalue weighted by Gasteiger charge is 2.19. The Morgan fingerprint density at radius 2 is 2.17 bits per heavy atom. The van der Waals surface area contributed by atoms with Gasteiger partial charge in [-0.1, -0.05) is 0 Å². The fourth-order valence-electron chi connectivity index (χ4n) is 1.35. The second-order valence-electron chi connectivity index (χ2n) is 3.67. The van der Waals surface area contributed by atoms with Crippen LogP contribution in [-0.2, 0) is 16.6 Å². The molecule has 0 aromatic carbocycles. The first-order valence-electron chi connectivity index (χ1n) is 5.16. The van der Waals surface area contributed by atoms with Crippen molar-refractivity contribution in [2.45, 2.75) is 18.6 Å². The molecule has 6 nitrogen and oxygen atoms in total. The Bertz CT molecular complexity index is 649. The maximum Gasteiger partial charge on any atom is 0.295 e. The predicted molar refractivity (Wildman–Crippen MR) is 64.4 cm³/mol. The average Bonchev–Trinajstić information content (AvgIpc) is 2.81. The Morgan fingerprint density at radius 3 is 2.78 bits per heavy atom. The molecule has 2 aromatic heterocycles. The number of furan rings is 1. The zero-order valence-electron chi connectivity index (χ0n) is 9.62. The average molecular weight is 268 g/mol. The van der Waals surface area contributed by atoms with Crippen LogP contribution in [0.5, 0.6) is 0 Å². The van der Waals surface area contributed by atoms with Crippen molar-refractivity contribution in [3.63, 3.8) is 0 Å². The van der Waals surface area contributed by atoms with Crippen molar-refractivity contribution in [3.05, 3.63) is 41.9 Å². The minimum absolute atomic E-state index is 0.193. The zero-order chi connectivity index (χ0) is 13.2. The van der Waals surface area contributed by atoms with E-state index in [-0.39, 0.29) is 17.5 Å². The van der Waals surface area contributed by atoms with Crippen LogP contribution in [-0.4, -0.2) is 18.5 Å². The summed E-state index contributed by atoms with van der Waals surface area (Å²) in [5, 5.41) is 8.59. The lowest BCUT2D eigenvalue weighted by molar-refractivity contribution is 0.236. The third-order valence-electron chi connectivity index (χ3n) is 2.34. The summed E-state index contributed by atoms with van der Waals surface area (Å²) in [6, 6.07) is 4.39. The Morgan fingerprint density at radius 1 is 1.39 bits per heavy atom. The summed E-state index contributed by atoms with van der Waals surface area (Å²) >= 11 is 0. The molecule has 0 radical (unpaired) electrons. The van der Waals surface area contributed by atoms with Crippen molar-refractivity contribution >= 4 is 15.7 Å². The zero-order valence-corrected chi connectivity index (χ0v) is 10.4. The number of rotatable bonds is 4. The van der Waals surface area contributed by atoms with Gasteiger partial charge in [0, 0.05) is 6.20 Å². The lowest BCUT2D eigenvalue weighted by Crippen LogP contribution is -2.13. The van der Waals surface area contributed by atoms with Crippen LogP contribution < -0.4 is 4.72 Å².